The number of rotatable bonds is 8. The number of aromatic nitrogens is 4. The number of esters is 1. The quantitative estimate of drug-likeness (QED) is 0.358. The average molecular weight is 518 g/mol. The Morgan fingerprint density at radius 3 is 2.24 bits per heavy atom. The lowest BCUT2D eigenvalue weighted by atomic mass is 10.1. The molecule has 0 fully saturated rings. The number of hydrogen-bond acceptors (Lipinski definition) is 6. The molecule has 1 N–H and O–H groups in total. The third kappa shape index (κ3) is 5.15. The summed E-state index contributed by atoms with van der Waals surface area (Å²) in [6.07, 6.45) is -0.529. The van der Waals surface area contributed by atoms with Crippen LogP contribution < -0.4 is 16.4 Å². The molecule has 0 spiro atoms. The molecule has 0 saturated carbocycles. The van der Waals surface area contributed by atoms with E-state index in [2.05, 4.69) is 10.4 Å². The van der Waals surface area contributed by atoms with E-state index in [1.165, 1.54) is 16.3 Å². The van der Waals surface area contributed by atoms with Crippen LogP contribution in [-0.2, 0) is 23.1 Å². The molecule has 2 aromatic carbocycles. The van der Waals surface area contributed by atoms with Gasteiger partial charge >= 0.3 is 5.97 Å². The van der Waals surface area contributed by atoms with Gasteiger partial charge in [-0.05, 0) is 44.4 Å². The highest BCUT2D eigenvalue weighted by atomic mass is 16.5. The number of carbonyl (C=O) groups excluding carboxylic acids is 2. The molecular weight excluding hydrogens is 486 g/mol. The molecule has 0 aliphatic carbocycles. The average Bonchev–Trinajstić information content (AvgIpc) is 3.11. The molecule has 1 amide bonds. The lowest BCUT2D eigenvalue weighted by Gasteiger charge is -2.15. The monoisotopic (exact) mass is 517 g/mol. The number of fused-ring (bicyclic) bond motifs is 1. The van der Waals surface area contributed by atoms with Crippen molar-refractivity contribution in [2.75, 3.05) is 5.32 Å². The van der Waals surface area contributed by atoms with E-state index in [0.29, 0.717) is 41.0 Å². The molecule has 1 atom stereocenters. The maximum absolute atomic E-state index is 13.2. The number of para-hydroxylation sites is 1. The fraction of sp³-hybridized carbons (Fsp3) is 0.321. The van der Waals surface area contributed by atoms with E-state index in [-0.39, 0.29) is 16.9 Å². The van der Waals surface area contributed by atoms with Crippen molar-refractivity contribution in [3.8, 4) is 5.69 Å². The molecule has 0 aliphatic heterocycles. The van der Waals surface area contributed by atoms with E-state index >= 15 is 0 Å². The standard InChI is InChI=1S/C28H31N5O5/c1-17(2)15-16-32-26(35)22-14-10-9-13-21(22)24(30-32)28(37)38-19(4)25(34)29-23-18(3)31(5)33(27(23)36)20-11-7-6-8-12-20/h6-14,17,19H,15-16H2,1-5H3,(H,29,34). The van der Waals surface area contributed by atoms with Crippen LogP contribution in [-0.4, -0.2) is 37.1 Å². The summed E-state index contributed by atoms with van der Waals surface area (Å²) in [6.45, 7) is 7.54. The van der Waals surface area contributed by atoms with E-state index in [4.69, 9.17) is 4.74 Å². The fourth-order valence-electron chi connectivity index (χ4n) is 4.12. The molecular formula is C28H31N5O5. The molecule has 10 nitrogen and oxygen atoms in total. The van der Waals surface area contributed by atoms with Crippen LogP contribution in [0.15, 0.2) is 64.2 Å². The highest BCUT2D eigenvalue weighted by Crippen LogP contribution is 2.17. The molecule has 198 valence electrons. The lowest BCUT2D eigenvalue weighted by molar-refractivity contribution is -0.123. The van der Waals surface area contributed by atoms with Crippen molar-refractivity contribution >= 4 is 28.3 Å². The third-order valence-electron chi connectivity index (χ3n) is 6.43. The molecule has 0 bridgehead atoms. The van der Waals surface area contributed by atoms with Crippen LogP contribution in [0, 0.1) is 12.8 Å². The number of carbonyl (C=O) groups is 2. The molecule has 4 rings (SSSR count). The van der Waals surface area contributed by atoms with Crippen LogP contribution in [0.2, 0.25) is 0 Å². The minimum absolute atomic E-state index is 0.0501. The first-order valence-electron chi connectivity index (χ1n) is 12.5. The third-order valence-corrected chi connectivity index (χ3v) is 6.43. The van der Waals surface area contributed by atoms with E-state index in [9.17, 15) is 19.2 Å². The van der Waals surface area contributed by atoms with Gasteiger partial charge in [0, 0.05) is 19.0 Å². The topological polar surface area (TPSA) is 117 Å². The largest absolute Gasteiger partial charge is 0.448 e. The highest BCUT2D eigenvalue weighted by molar-refractivity contribution is 6.03. The Morgan fingerprint density at radius 2 is 1.58 bits per heavy atom. The first-order chi connectivity index (χ1) is 18.1. The second-order valence-electron chi connectivity index (χ2n) is 9.58. The summed E-state index contributed by atoms with van der Waals surface area (Å²) >= 11 is 0. The van der Waals surface area contributed by atoms with Crippen LogP contribution in [0.25, 0.3) is 16.5 Å². The summed E-state index contributed by atoms with van der Waals surface area (Å²) in [5.41, 5.74) is 0.524. The van der Waals surface area contributed by atoms with Gasteiger partial charge in [0.2, 0.25) is 0 Å². The van der Waals surface area contributed by atoms with Gasteiger partial charge in [-0.3, -0.25) is 19.1 Å². The maximum Gasteiger partial charge on any atom is 0.360 e. The number of ether oxygens (including phenoxy) is 1. The molecule has 0 aliphatic rings. The van der Waals surface area contributed by atoms with Gasteiger partial charge in [0.15, 0.2) is 11.8 Å². The molecule has 2 heterocycles. The van der Waals surface area contributed by atoms with Crippen molar-refractivity contribution in [3.63, 3.8) is 0 Å². The molecule has 0 saturated heterocycles. The normalized spacial score (nSPS) is 12.1. The van der Waals surface area contributed by atoms with Gasteiger partial charge in [-0.1, -0.05) is 50.2 Å². The summed E-state index contributed by atoms with van der Waals surface area (Å²) in [6, 6.07) is 15.7. The van der Waals surface area contributed by atoms with Gasteiger partial charge in [0.1, 0.15) is 5.69 Å². The summed E-state index contributed by atoms with van der Waals surface area (Å²) in [4.78, 5) is 52.1. The minimum atomic E-state index is -1.23. The lowest BCUT2D eigenvalue weighted by Crippen LogP contribution is -2.33. The summed E-state index contributed by atoms with van der Waals surface area (Å²) in [5.74, 6) is -1.17. The Labute approximate surface area is 219 Å². The summed E-state index contributed by atoms with van der Waals surface area (Å²) in [7, 11) is 1.72. The van der Waals surface area contributed by atoms with Crippen LogP contribution >= 0.6 is 0 Å². The van der Waals surface area contributed by atoms with E-state index in [0.717, 1.165) is 0 Å². The molecule has 2 aromatic heterocycles. The zero-order valence-corrected chi connectivity index (χ0v) is 22.1. The van der Waals surface area contributed by atoms with Crippen LogP contribution in [0.1, 0.15) is 43.4 Å². The van der Waals surface area contributed by atoms with Crippen molar-refractivity contribution in [1.82, 2.24) is 19.1 Å². The second kappa shape index (κ2) is 10.9. The number of nitrogens with zero attached hydrogens (tertiary/aromatic N) is 4. The Morgan fingerprint density at radius 1 is 0.947 bits per heavy atom. The van der Waals surface area contributed by atoms with Crippen molar-refractivity contribution in [1.29, 1.82) is 0 Å². The van der Waals surface area contributed by atoms with Crippen LogP contribution in [0.4, 0.5) is 5.69 Å². The Bertz CT molecular complexity index is 1610. The zero-order valence-electron chi connectivity index (χ0n) is 22.1. The number of hydrogen-bond donors (Lipinski definition) is 1. The highest BCUT2D eigenvalue weighted by Gasteiger charge is 2.26. The van der Waals surface area contributed by atoms with Crippen molar-refractivity contribution in [3.05, 3.63) is 86.7 Å². The molecule has 4 aromatic rings. The zero-order chi connectivity index (χ0) is 27.6. The van der Waals surface area contributed by atoms with E-state index in [1.54, 1.807) is 55.1 Å². The van der Waals surface area contributed by atoms with Gasteiger partial charge in [-0.25, -0.2) is 14.2 Å². The molecule has 10 heteroatoms. The van der Waals surface area contributed by atoms with Crippen LogP contribution in [0.5, 0.6) is 0 Å². The van der Waals surface area contributed by atoms with Gasteiger partial charge in [-0.15, -0.1) is 0 Å². The maximum atomic E-state index is 13.2. The number of benzene rings is 2. The van der Waals surface area contributed by atoms with Crippen molar-refractivity contribution in [2.45, 2.75) is 46.8 Å². The van der Waals surface area contributed by atoms with E-state index < -0.39 is 23.5 Å². The first kappa shape index (κ1) is 26.6. The predicted octanol–water partition coefficient (Wildman–Crippen LogP) is 3.42. The van der Waals surface area contributed by atoms with Gasteiger partial charge in [-0.2, -0.15) is 5.10 Å². The Kier molecular flexibility index (Phi) is 7.61. The fourth-order valence-corrected chi connectivity index (χ4v) is 4.12. The van der Waals surface area contributed by atoms with E-state index in [1.807, 2.05) is 32.0 Å². The number of amides is 1. The molecule has 38 heavy (non-hydrogen) atoms. The molecule has 0 radical (unpaired) electrons. The van der Waals surface area contributed by atoms with Crippen molar-refractivity contribution < 1.29 is 14.3 Å². The van der Waals surface area contributed by atoms with Gasteiger partial charge in [0.05, 0.1) is 16.8 Å². The SMILES string of the molecule is Cc1c(NC(=O)C(C)OC(=O)c2nn(CCC(C)C)c(=O)c3ccccc23)c(=O)n(-c2ccccc2)n1C. The van der Waals surface area contributed by atoms with Crippen LogP contribution in [0.3, 0.4) is 0 Å². The summed E-state index contributed by atoms with van der Waals surface area (Å²) < 4.78 is 9.80. The number of aryl methyl sites for hydroxylation is 1. The van der Waals surface area contributed by atoms with Gasteiger partial charge in [0.25, 0.3) is 17.0 Å². The van der Waals surface area contributed by atoms with Crippen molar-refractivity contribution in [2.24, 2.45) is 13.0 Å². The predicted molar refractivity (Wildman–Crippen MR) is 145 cm³/mol. The Balaban J connectivity index is 1.58. The summed E-state index contributed by atoms with van der Waals surface area (Å²) in [5, 5.41) is 7.59. The minimum Gasteiger partial charge on any atom is -0.448 e. The smallest absolute Gasteiger partial charge is 0.360 e. The second-order valence-corrected chi connectivity index (χ2v) is 9.58. The van der Waals surface area contributed by atoms with Gasteiger partial charge < -0.3 is 10.1 Å². The number of anilines is 1. The number of nitrogens with one attached hydrogen (secondary N) is 1. The molecule has 1 unspecified atom stereocenters. The first-order valence-corrected chi connectivity index (χ1v) is 12.5. The Hall–Kier alpha value is -4.47.